The van der Waals surface area contributed by atoms with Crippen molar-refractivity contribution in [2.45, 2.75) is 52.0 Å². The fourth-order valence-corrected chi connectivity index (χ4v) is 3.12. The molecule has 1 aromatic carbocycles. The number of nitrogens with one attached hydrogen (secondary N) is 1. The Balaban J connectivity index is 1.98. The van der Waals surface area contributed by atoms with E-state index < -0.39 is 0 Å². The van der Waals surface area contributed by atoms with Crippen LogP contribution >= 0.6 is 0 Å². The van der Waals surface area contributed by atoms with Crippen molar-refractivity contribution in [2.75, 3.05) is 13.1 Å². The first-order valence-corrected chi connectivity index (χ1v) is 8.35. The number of likely N-dealkylation sites (tertiary alicyclic amines) is 1. The number of piperidine rings is 1. The Kier molecular flexibility index (Phi) is 6.09. The average Bonchev–Trinajstić information content (AvgIpc) is 2.55. The topological polar surface area (TPSA) is 32.3 Å². The van der Waals surface area contributed by atoms with Gasteiger partial charge in [-0.25, -0.2) is 4.79 Å². The van der Waals surface area contributed by atoms with Crippen molar-refractivity contribution in [3.63, 3.8) is 0 Å². The third-order valence-corrected chi connectivity index (χ3v) is 4.46. The molecular weight excluding hydrogens is 260 g/mol. The van der Waals surface area contributed by atoms with Gasteiger partial charge in [-0.1, -0.05) is 57.0 Å². The van der Waals surface area contributed by atoms with Crippen molar-refractivity contribution < 1.29 is 4.79 Å². The van der Waals surface area contributed by atoms with Crippen LogP contribution in [0, 0.1) is 5.92 Å². The van der Waals surface area contributed by atoms with Crippen LogP contribution in [0.3, 0.4) is 0 Å². The first kappa shape index (κ1) is 15.9. The lowest BCUT2D eigenvalue weighted by molar-refractivity contribution is 0.160. The van der Waals surface area contributed by atoms with E-state index in [0.717, 1.165) is 32.4 Å². The molecule has 0 aromatic heterocycles. The first-order chi connectivity index (χ1) is 10.2. The number of nitrogens with zero attached hydrogens (tertiary/aromatic N) is 1. The minimum atomic E-state index is 0.107. The predicted octanol–water partition coefficient (Wildman–Crippen LogP) is 4.36. The summed E-state index contributed by atoms with van der Waals surface area (Å²) in [5.74, 6) is 0.672. The van der Waals surface area contributed by atoms with Gasteiger partial charge in [0.25, 0.3) is 0 Å². The molecule has 1 N–H and O–H groups in total. The second-order valence-corrected chi connectivity index (χ2v) is 6.06. The van der Waals surface area contributed by atoms with Crippen LogP contribution in [0.15, 0.2) is 30.3 Å². The van der Waals surface area contributed by atoms with Gasteiger partial charge in [0.1, 0.15) is 0 Å². The minimum Gasteiger partial charge on any atom is -0.331 e. The molecule has 1 fully saturated rings. The molecule has 3 nitrogen and oxygen atoms in total. The second-order valence-electron chi connectivity index (χ2n) is 6.06. The Morgan fingerprint density at radius 2 is 2.10 bits per heavy atom. The van der Waals surface area contributed by atoms with Crippen LogP contribution in [-0.2, 0) is 0 Å². The van der Waals surface area contributed by atoms with Crippen LogP contribution in [0.25, 0.3) is 0 Å². The smallest absolute Gasteiger partial charge is 0.317 e. The Morgan fingerprint density at radius 3 is 2.76 bits per heavy atom. The zero-order valence-corrected chi connectivity index (χ0v) is 13.3. The van der Waals surface area contributed by atoms with Gasteiger partial charge in [0.05, 0.1) is 6.04 Å². The summed E-state index contributed by atoms with van der Waals surface area (Å²) in [6, 6.07) is 10.5. The molecular formula is C18H28N2O. The van der Waals surface area contributed by atoms with Crippen molar-refractivity contribution in [3.8, 4) is 0 Å². The number of hydrogen-bond donors (Lipinski definition) is 1. The molecule has 2 unspecified atom stereocenters. The number of urea groups is 1. The molecule has 1 aromatic rings. The van der Waals surface area contributed by atoms with E-state index >= 15 is 0 Å². The summed E-state index contributed by atoms with van der Waals surface area (Å²) in [6.07, 6.45) is 5.62. The number of benzene rings is 1. The summed E-state index contributed by atoms with van der Waals surface area (Å²) in [5.41, 5.74) is 1.21. The molecule has 2 atom stereocenters. The highest BCUT2D eigenvalue weighted by molar-refractivity contribution is 5.74. The second kappa shape index (κ2) is 8.06. The molecule has 0 radical (unpaired) electrons. The summed E-state index contributed by atoms with van der Waals surface area (Å²) < 4.78 is 0. The average molecular weight is 288 g/mol. The van der Waals surface area contributed by atoms with Crippen molar-refractivity contribution >= 4 is 6.03 Å². The van der Waals surface area contributed by atoms with Gasteiger partial charge in [0.15, 0.2) is 0 Å². The highest BCUT2D eigenvalue weighted by atomic mass is 16.2. The SMILES string of the molecule is CCCC(NC(=O)N1CCCC(CC)C1)c1ccccc1. The van der Waals surface area contributed by atoms with E-state index in [1.165, 1.54) is 18.4 Å². The van der Waals surface area contributed by atoms with Gasteiger partial charge in [-0.3, -0.25) is 0 Å². The molecule has 2 amide bonds. The number of amides is 2. The summed E-state index contributed by atoms with van der Waals surface area (Å²) in [4.78, 5) is 14.5. The maximum Gasteiger partial charge on any atom is 0.317 e. The normalized spacial score (nSPS) is 20.1. The monoisotopic (exact) mass is 288 g/mol. The molecule has 1 aliphatic rings. The fourth-order valence-electron chi connectivity index (χ4n) is 3.12. The third-order valence-electron chi connectivity index (χ3n) is 4.46. The number of carbonyl (C=O) groups is 1. The Hall–Kier alpha value is -1.51. The highest BCUT2D eigenvalue weighted by Gasteiger charge is 2.24. The molecule has 1 saturated heterocycles. The summed E-state index contributed by atoms with van der Waals surface area (Å²) in [7, 11) is 0. The minimum absolute atomic E-state index is 0.107. The Morgan fingerprint density at radius 1 is 1.33 bits per heavy atom. The molecule has 0 saturated carbocycles. The Labute approximate surface area is 128 Å². The van der Waals surface area contributed by atoms with Gasteiger partial charge >= 0.3 is 6.03 Å². The quantitative estimate of drug-likeness (QED) is 0.858. The molecule has 0 spiro atoms. The van der Waals surface area contributed by atoms with E-state index in [4.69, 9.17) is 0 Å². The molecule has 0 aliphatic carbocycles. The molecule has 1 aliphatic heterocycles. The summed E-state index contributed by atoms with van der Waals surface area (Å²) >= 11 is 0. The Bertz CT molecular complexity index is 432. The van der Waals surface area contributed by atoms with Gasteiger partial charge in [0, 0.05) is 13.1 Å². The van der Waals surface area contributed by atoms with Crippen LogP contribution in [0.5, 0.6) is 0 Å². The zero-order chi connectivity index (χ0) is 15.1. The van der Waals surface area contributed by atoms with Crippen LogP contribution in [-0.4, -0.2) is 24.0 Å². The van der Waals surface area contributed by atoms with Gasteiger partial charge in [-0.15, -0.1) is 0 Å². The lowest BCUT2D eigenvalue weighted by Crippen LogP contribution is -2.46. The van der Waals surface area contributed by atoms with E-state index in [1.54, 1.807) is 0 Å². The standard InChI is InChI=1S/C18H28N2O/c1-3-9-17(16-11-6-5-7-12-16)19-18(21)20-13-8-10-15(4-2)14-20/h5-7,11-12,15,17H,3-4,8-10,13-14H2,1-2H3,(H,19,21). The lowest BCUT2D eigenvalue weighted by atomic mass is 9.96. The van der Waals surface area contributed by atoms with Crippen LogP contribution in [0.4, 0.5) is 4.79 Å². The zero-order valence-electron chi connectivity index (χ0n) is 13.3. The number of rotatable bonds is 5. The van der Waals surface area contributed by atoms with Crippen LogP contribution < -0.4 is 5.32 Å². The summed E-state index contributed by atoms with van der Waals surface area (Å²) in [5, 5.41) is 3.24. The predicted molar refractivity (Wildman–Crippen MR) is 87.2 cm³/mol. The van der Waals surface area contributed by atoms with E-state index in [1.807, 2.05) is 23.1 Å². The van der Waals surface area contributed by atoms with Crippen LogP contribution in [0.1, 0.15) is 57.6 Å². The van der Waals surface area contributed by atoms with Gasteiger partial charge < -0.3 is 10.2 Å². The molecule has 0 bridgehead atoms. The van der Waals surface area contributed by atoms with Crippen molar-refractivity contribution in [2.24, 2.45) is 5.92 Å². The van der Waals surface area contributed by atoms with E-state index in [-0.39, 0.29) is 12.1 Å². The maximum absolute atomic E-state index is 12.5. The highest BCUT2D eigenvalue weighted by Crippen LogP contribution is 2.22. The van der Waals surface area contributed by atoms with E-state index in [9.17, 15) is 4.79 Å². The molecule has 2 rings (SSSR count). The molecule has 116 valence electrons. The van der Waals surface area contributed by atoms with Crippen molar-refractivity contribution in [1.82, 2.24) is 10.2 Å². The largest absolute Gasteiger partial charge is 0.331 e. The molecule has 1 heterocycles. The number of hydrogen-bond acceptors (Lipinski definition) is 1. The fraction of sp³-hybridized carbons (Fsp3) is 0.611. The van der Waals surface area contributed by atoms with Crippen molar-refractivity contribution in [3.05, 3.63) is 35.9 Å². The van der Waals surface area contributed by atoms with E-state index in [2.05, 4.69) is 31.3 Å². The first-order valence-electron chi connectivity index (χ1n) is 8.35. The van der Waals surface area contributed by atoms with Gasteiger partial charge in [-0.05, 0) is 30.7 Å². The number of carbonyl (C=O) groups excluding carboxylic acids is 1. The lowest BCUT2D eigenvalue weighted by Gasteiger charge is -2.33. The maximum atomic E-state index is 12.5. The van der Waals surface area contributed by atoms with E-state index in [0.29, 0.717) is 5.92 Å². The van der Waals surface area contributed by atoms with Gasteiger partial charge in [0.2, 0.25) is 0 Å². The molecule has 21 heavy (non-hydrogen) atoms. The molecule has 3 heteroatoms. The third kappa shape index (κ3) is 4.48. The van der Waals surface area contributed by atoms with Crippen LogP contribution in [0.2, 0.25) is 0 Å². The van der Waals surface area contributed by atoms with Gasteiger partial charge in [-0.2, -0.15) is 0 Å². The van der Waals surface area contributed by atoms with Crippen molar-refractivity contribution in [1.29, 1.82) is 0 Å². The summed E-state index contributed by atoms with van der Waals surface area (Å²) in [6.45, 7) is 6.19.